The predicted molar refractivity (Wildman–Crippen MR) is 67.3 cm³/mol. The van der Waals surface area contributed by atoms with Crippen molar-refractivity contribution in [2.75, 3.05) is 13.7 Å². The van der Waals surface area contributed by atoms with E-state index < -0.39 is 12.3 Å². The van der Waals surface area contributed by atoms with Crippen LogP contribution in [0, 0.1) is 11.8 Å². The maximum Gasteiger partial charge on any atom is 0.414 e. The molecule has 0 spiro atoms. The van der Waals surface area contributed by atoms with Crippen LogP contribution >= 0.6 is 0 Å². The molecular formula is C14H15F3O3. The molecule has 1 aromatic rings. The second-order valence-corrected chi connectivity index (χ2v) is 3.99. The molecule has 1 N–H and O–H groups in total. The number of hydrogen-bond donors (Lipinski definition) is 1. The molecule has 1 aromatic carbocycles. The number of rotatable bonds is 4. The molecule has 0 aliphatic rings. The van der Waals surface area contributed by atoms with Crippen molar-refractivity contribution < 1.29 is 27.8 Å². The molecule has 0 radical (unpaired) electrons. The minimum Gasteiger partial charge on any atom is -0.495 e. The van der Waals surface area contributed by atoms with Gasteiger partial charge in [-0.2, -0.15) is 13.2 Å². The third kappa shape index (κ3) is 4.76. The molecule has 0 saturated heterocycles. The first-order chi connectivity index (χ1) is 9.38. The first-order valence-electron chi connectivity index (χ1n) is 5.83. The molecule has 110 valence electrons. The predicted octanol–water partition coefficient (Wildman–Crippen LogP) is 2.51. The zero-order valence-electron chi connectivity index (χ0n) is 11.1. The van der Waals surface area contributed by atoms with E-state index in [1.807, 2.05) is 0 Å². The van der Waals surface area contributed by atoms with Crippen molar-refractivity contribution in [1.29, 1.82) is 0 Å². The second-order valence-electron chi connectivity index (χ2n) is 3.99. The maximum atomic E-state index is 12.3. The Labute approximate surface area is 115 Å². The smallest absolute Gasteiger partial charge is 0.414 e. The van der Waals surface area contributed by atoms with E-state index in [4.69, 9.17) is 14.6 Å². The number of aliphatic hydroxyl groups excluding tert-OH is 1. The van der Waals surface area contributed by atoms with Gasteiger partial charge in [-0.1, -0.05) is 17.9 Å². The van der Waals surface area contributed by atoms with Crippen molar-refractivity contribution in [2.45, 2.75) is 25.8 Å². The number of hydrogen-bond acceptors (Lipinski definition) is 3. The van der Waals surface area contributed by atoms with Crippen LogP contribution in [0.2, 0.25) is 0 Å². The van der Waals surface area contributed by atoms with Crippen molar-refractivity contribution in [3.05, 3.63) is 29.3 Å². The Hall–Kier alpha value is -1.71. The van der Waals surface area contributed by atoms with Gasteiger partial charge in [-0.05, 0) is 24.6 Å². The van der Waals surface area contributed by atoms with E-state index in [0.717, 1.165) is 6.92 Å². The highest BCUT2D eigenvalue weighted by molar-refractivity contribution is 5.48. The molecule has 0 fully saturated rings. The molecule has 0 bridgehead atoms. The Morgan fingerprint density at radius 2 is 2.05 bits per heavy atom. The van der Waals surface area contributed by atoms with E-state index in [1.165, 1.54) is 7.11 Å². The van der Waals surface area contributed by atoms with Crippen LogP contribution in [0.3, 0.4) is 0 Å². The summed E-state index contributed by atoms with van der Waals surface area (Å²) >= 11 is 0. The van der Waals surface area contributed by atoms with Crippen LogP contribution in [-0.4, -0.2) is 31.1 Å². The number of benzene rings is 1. The molecule has 6 heteroatoms. The van der Waals surface area contributed by atoms with Crippen molar-refractivity contribution in [3.63, 3.8) is 0 Å². The number of halogens is 3. The maximum absolute atomic E-state index is 12.3. The van der Waals surface area contributed by atoms with E-state index in [1.54, 1.807) is 18.2 Å². The Balaban J connectivity index is 2.82. The molecule has 0 aliphatic heterocycles. The lowest BCUT2D eigenvalue weighted by atomic mass is 10.1. The topological polar surface area (TPSA) is 38.7 Å². The van der Waals surface area contributed by atoms with E-state index in [9.17, 15) is 13.2 Å². The van der Waals surface area contributed by atoms with Gasteiger partial charge in [0.1, 0.15) is 12.4 Å². The van der Waals surface area contributed by atoms with Gasteiger partial charge < -0.3 is 14.6 Å². The number of alkyl halides is 3. The molecule has 0 saturated carbocycles. The lowest BCUT2D eigenvalue weighted by molar-refractivity contribution is -0.217. The second kappa shape index (κ2) is 7.17. The highest BCUT2D eigenvalue weighted by atomic mass is 19.4. The van der Waals surface area contributed by atoms with Gasteiger partial charge in [0.05, 0.1) is 19.3 Å². The van der Waals surface area contributed by atoms with Gasteiger partial charge in [-0.3, -0.25) is 0 Å². The standard InChI is InChI=1S/C14H15F3O3/c1-10(14(15,16)17)20-9-11-5-6-13(19-2)12(8-11)4-3-7-18/h5-6,8,10,18H,7,9H2,1-2H3. The van der Waals surface area contributed by atoms with E-state index in [2.05, 4.69) is 11.8 Å². The largest absolute Gasteiger partial charge is 0.495 e. The van der Waals surface area contributed by atoms with Gasteiger partial charge in [0, 0.05) is 0 Å². The summed E-state index contributed by atoms with van der Waals surface area (Å²) in [7, 11) is 1.46. The van der Waals surface area contributed by atoms with Gasteiger partial charge in [0.15, 0.2) is 6.10 Å². The summed E-state index contributed by atoms with van der Waals surface area (Å²) in [6, 6.07) is 4.77. The highest BCUT2D eigenvalue weighted by Gasteiger charge is 2.36. The van der Waals surface area contributed by atoms with Gasteiger partial charge in [-0.25, -0.2) is 0 Å². The Kier molecular flexibility index (Phi) is 5.86. The quantitative estimate of drug-likeness (QED) is 0.865. The SMILES string of the molecule is COc1ccc(COC(C)C(F)(F)F)cc1C#CCO. The fourth-order valence-electron chi connectivity index (χ4n) is 1.39. The van der Waals surface area contributed by atoms with Crippen LogP contribution in [0.5, 0.6) is 5.75 Å². The summed E-state index contributed by atoms with van der Waals surface area (Å²) in [4.78, 5) is 0. The molecule has 0 aromatic heterocycles. The normalized spacial score (nSPS) is 12.5. The Morgan fingerprint density at radius 3 is 2.60 bits per heavy atom. The summed E-state index contributed by atoms with van der Waals surface area (Å²) in [5.41, 5.74) is 1.03. The first kappa shape index (κ1) is 16.3. The van der Waals surface area contributed by atoms with Gasteiger partial charge >= 0.3 is 6.18 Å². The molecule has 20 heavy (non-hydrogen) atoms. The minimum atomic E-state index is -4.38. The monoisotopic (exact) mass is 288 g/mol. The zero-order valence-corrected chi connectivity index (χ0v) is 11.1. The zero-order chi connectivity index (χ0) is 15.2. The molecule has 0 aliphatic carbocycles. The van der Waals surface area contributed by atoms with Crippen LogP contribution in [-0.2, 0) is 11.3 Å². The molecule has 1 rings (SSSR count). The van der Waals surface area contributed by atoms with E-state index in [-0.39, 0.29) is 13.2 Å². The van der Waals surface area contributed by atoms with Gasteiger partial charge in [0.2, 0.25) is 0 Å². The van der Waals surface area contributed by atoms with Crippen molar-refractivity contribution in [3.8, 4) is 17.6 Å². The van der Waals surface area contributed by atoms with Crippen LogP contribution in [0.25, 0.3) is 0 Å². The fourth-order valence-corrected chi connectivity index (χ4v) is 1.39. The van der Waals surface area contributed by atoms with E-state index in [0.29, 0.717) is 16.9 Å². The lowest BCUT2D eigenvalue weighted by Crippen LogP contribution is -2.28. The average molecular weight is 288 g/mol. The summed E-state index contributed by atoms with van der Waals surface area (Å²) in [5.74, 6) is 5.61. The van der Waals surface area contributed by atoms with Crippen molar-refractivity contribution in [1.82, 2.24) is 0 Å². The van der Waals surface area contributed by atoms with Crippen molar-refractivity contribution >= 4 is 0 Å². The minimum absolute atomic E-state index is 0.182. The summed E-state index contributed by atoms with van der Waals surface area (Å²) in [5, 5.41) is 8.66. The molecule has 3 nitrogen and oxygen atoms in total. The first-order valence-corrected chi connectivity index (χ1v) is 5.83. The summed E-state index contributed by atoms with van der Waals surface area (Å²) in [6.07, 6.45) is -6.22. The highest BCUT2D eigenvalue weighted by Crippen LogP contribution is 2.24. The Morgan fingerprint density at radius 1 is 1.35 bits per heavy atom. The average Bonchev–Trinajstić information content (AvgIpc) is 2.41. The van der Waals surface area contributed by atoms with Crippen molar-refractivity contribution in [2.24, 2.45) is 0 Å². The summed E-state index contributed by atoms with van der Waals surface area (Å²) in [6.45, 7) is 0.462. The Bertz CT molecular complexity index is 501. The van der Waals surface area contributed by atoms with E-state index >= 15 is 0 Å². The van der Waals surface area contributed by atoms with Crippen LogP contribution in [0.1, 0.15) is 18.1 Å². The van der Waals surface area contributed by atoms with Crippen LogP contribution < -0.4 is 4.74 Å². The van der Waals surface area contributed by atoms with Gasteiger partial charge in [-0.15, -0.1) is 0 Å². The third-order valence-corrected chi connectivity index (χ3v) is 2.53. The number of ether oxygens (including phenoxy) is 2. The third-order valence-electron chi connectivity index (χ3n) is 2.53. The fraction of sp³-hybridized carbons (Fsp3) is 0.429. The van der Waals surface area contributed by atoms with Gasteiger partial charge in [0.25, 0.3) is 0 Å². The molecule has 0 amide bonds. The number of aliphatic hydroxyl groups is 1. The lowest BCUT2D eigenvalue weighted by Gasteiger charge is -2.16. The number of methoxy groups -OCH3 is 1. The summed E-state index contributed by atoms with van der Waals surface area (Å²) < 4.78 is 46.8. The molecular weight excluding hydrogens is 273 g/mol. The molecule has 0 heterocycles. The molecule has 1 unspecified atom stereocenters. The van der Waals surface area contributed by atoms with Crippen LogP contribution in [0.4, 0.5) is 13.2 Å². The molecule has 1 atom stereocenters. The van der Waals surface area contributed by atoms with Crippen LogP contribution in [0.15, 0.2) is 18.2 Å².